The van der Waals surface area contributed by atoms with Gasteiger partial charge in [-0.3, -0.25) is 0 Å². The van der Waals surface area contributed by atoms with Crippen LogP contribution in [0.2, 0.25) is 0 Å². The molecule has 2 aromatic rings. The molecule has 0 bridgehead atoms. The maximum Gasteiger partial charge on any atom is 0.416 e. The van der Waals surface area contributed by atoms with Gasteiger partial charge in [0, 0.05) is 0 Å². The lowest BCUT2D eigenvalue weighted by Gasteiger charge is -2.16. The molecule has 0 aliphatic rings. The van der Waals surface area contributed by atoms with Crippen molar-refractivity contribution >= 4 is 19.2 Å². The molecule has 0 amide bonds. The number of hydrogen-bond acceptors (Lipinski definition) is 0. The highest BCUT2D eigenvalue weighted by atomic mass is 35.5. The van der Waals surface area contributed by atoms with Crippen molar-refractivity contribution in [2.45, 2.75) is 24.7 Å². The van der Waals surface area contributed by atoms with Crippen LogP contribution in [0.15, 0.2) is 36.4 Å². The van der Waals surface area contributed by atoms with Crippen LogP contribution in [0, 0.1) is 0 Å². The Labute approximate surface area is 168 Å². The first-order valence-corrected chi connectivity index (χ1v) is 8.23. The van der Waals surface area contributed by atoms with Crippen molar-refractivity contribution < 1.29 is 65.1 Å². The van der Waals surface area contributed by atoms with Crippen molar-refractivity contribution in [1.82, 2.24) is 0 Å². The number of benzene rings is 2. The summed E-state index contributed by atoms with van der Waals surface area (Å²) in [4.78, 5) is 0. The first-order valence-electron chi connectivity index (χ1n) is 7.23. The number of hydrogen-bond donors (Lipinski definition) is 0. The van der Waals surface area contributed by atoms with E-state index in [1.165, 1.54) is 0 Å². The van der Waals surface area contributed by atoms with E-state index >= 15 is 0 Å². The van der Waals surface area contributed by atoms with Gasteiger partial charge in [-0.05, 0) is 47.0 Å². The third-order valence-electron chi connectivity index (χ3n) is 3.46. The zero-order valence-corrected chi connectivity index (χ0v) is 15.6. The van der Waals surface area contributed by atoms with Crippen molar-refractivity contribution in [1.29, 1.82) is 0 Å². The second-order valence-electron chi connectivity index (χ2n) is 5.71. The Kier molecular flexibility index (Phi) is 7.43. The topological polar surface area (TPSA) is 0 Å². The van der Waals surface area contributed by atoms with Gasteiger partial charge < -0.3 is 12.4 Å². The Morgan fingerprint density at radius 3 is 0.767 bits per heavy atom. The van der Waals surface area contributed by atoms with Gasteiger partial charge >= 0.3 is 24.7 Å². The van der Waals surface area contributed by atoms with Gasteiger partial charge in [-0.25, -0.2) is 0 Å². The van der Waals surface area contributed by atoms with Crippen LogP contribution < -0.4 is 23.0 Å². The lowest BCUT2D eigenvalue weighted by atomic mass is 10.1. The summed E-state index contributed by atoms with van der Waals surface area (Å²) in [6, 6.07) is 0.618. The average molecular weight is 494 g/mol. The van der Waals surface area contributed by atoms with Crippen molar-refractivity contribution in [3.63, 3.8) is 0 Å². The standard InChI is InChI=1S/C16H7F12P.ClH/c17-13(18,19)7-1-8(14(20,21)22)4-11(3-7)29-12-5-9(15(23,24)25)2-10(6-12)16(26,27)28;/h1-6,29H;1H/p-1. The molecular weight excluding hydrogens is 487 g/mol. The first-order chi connectivity index (χ1) is 12.9. The van der Waals surface area contributed by atoms with Crippen molar-refractivity contribution in [2.75, 3.05) is 0 Å². The zero-order valence-electron chi connectivity index (χ0n) is 13.9. The molecule has 0 unspecified atom stereocenters. The minimum absolute atomic E-state index is 0. The summed E-state index contributed by atoms with van der Waals surface area (Å²) in [5.74, 6) is 0. The molecule has 0 atom stereocenters. The van der Waals surface area contributed by atoms with Gasteiger partial charge in [-0.2, -0.15) is 52.7 Å². The molecule has 0 N–H and O–H groups in total. The normalized spacial score (nSPS) is 13.2. The number of alkyl halides is 12. The molecule has 0 saturated carbocycles. The molecule has 0 aliphatic carbocycles. The van der Waals surface area contributed by atoms with Gasteiger partial charge in [0.15, 0.2) is 0 Å². The molecule has 0 radical (unpaired) electrons. The Balaban J connectivity index is 0.00000450. The molecule has 0 aromatic heterocycles. The van der Waals surface area contributed by atoms with Gasteiger partial charge in [0.25, 0.3) is 0 Å². The lowest BCUT2D eigenvalue weighted by molar-refractivity contribution is -0.144. The SMILES string of the molecule is FC(F)(F)c1cc(Pc2cc(C(F)(F)F)cc(C(F)(F)F)c2)cc(C(F)(F)F)c1.[Cl-]. The van der Waals surface area contributed by atoms with Gasteiger partial charge in [-0.1, -0.05) is 8.58 Å². The van der Waals surface area contributed by atoms with Crippen molar-refractivity contribution in [3.05, 3.63) is 58.7 Å². The van der Waals surface area contributed by atoms with Crippen LogP contribution in [0.1, 0.15) is 22.3 Å². The van der Waals surface area contributed by atoms with Crippen LogP contribution in [0.4, 0.5) is 52.7 Å². The van der Waals surface area contributed by atoms with E-state index in [4.69, 9.17) is 0 Å². The summed E-state index contributed by atoms with van der Waals surface area (Å²) in [7, 11) is -1.32. The molecule has 0 aliphatic heterocycles. The molecule has 0 nitrogen and oxygen atoms in total. The first kappa shape index (κ1) is 26.4. The van der Waals surface area contributed by atoms with E-state index < -0.39 is 66.1 Å². The van der Waals surface area contributed by atoms with Crippen molar-refractivity contribution in [2.24, 2.45) is 0 Å². The lowest BCUT2D eigenvalue weighted by Crippen LogP contribution is -3.00. The number of halogens is 13. The fourth-order valence-electron chi connectivity index (χ4n) is 2.22. The zero-order chi connectivity index (χ0) is 22.4. The molecule has 2 rings (SSSR count). The predicted octanol–water partition coefficient (Wildman–Crippen LogP) is 3.40. The highest BCUT2D eigenvalue weighted by molar-refractivity contribution is 7.55. The Bertz CT molecular complexity index is 755. The Morgan fingerprint density at radius 1 is 0.400 bits per heavy atom. The molecule has 0 heterocycles. The van der Waals surface area contributed by atoms with Crippen LogP contribution in [-0.2, 0) is 24.7 Å². The Morgan fingerprint density at radius 2 is 0.600 bits per heavy atom. The van der Waals surface area contributed by atoms with Crippen LogP contribution in [-0.4, -0.2) is 0 Å². The molecule has 30 heavy (non-hydrogen) atoms. The van der Waals surface area contributed by atoms with Gasteiger partial charge in [-0.15, -0.1) is 0 Å². The summed E-state index contributed by atoms with van der Waals surface area (Å²) in [5.41, 5.74) is -6.90. The van der Waals surface area contributed by atoms with E-state index in [-0.39, 0.29) is 48.8 Å². The molecule has 168 valence electrons. The van der Waals surface area contributed by atoms with E-state index in [1.807, 2.05) is 0 Å². The van der Waals surface area contributed by atoms with Gasteiger partial charge in [0.1, 0.15) is 0 Å². The van der Waals surface area contributed by atoms with Crippen LogP contribution in [0.25, 0.3) is 0 Å². The van der Waals surface area contributed by atoms with E-state index in [9.17, 15) is 52.7 Å². The molecule has 14 heteroatoms. The van der Waals surface area contributed by atoms with Crippen molar-refractivity contribution in [3.8, 4) is 0 Å². The van der Waals surface area contributed by atoms with E-state index in [0.717, 1.165) is 0 Å². The van der Waals surface area contributed by atoms with E-state index in [1.54, 1.807) is 0 Å². The second-order valence-corrected chi connectivity index (χ2v) is 7.12. The fraction of sp³-hybridized carbons (Fsp3) is 0.250. The fourth-order valence-corrected chi connectivity index (χ4v) is 3.46. The maximum absolute atomic E-state index is 12.9. The van der Waals surface area contributed by atoms with Crippen LogP contribution in [0.5, 0.6) is 0 Å². The highest BCUT2D eigenvalue weighted by Gasteiger charge is 2.38. The third kappa shape index (κ3) is 6.66. The monoisotopic (exact) mass is 493 g/mol. The minimum Gasteiger partial charge on any atom is -1.00 e. The molecular formula is C16H7ClF12P-. The quantitative estimate of drug-likeness (QED) is 0.445. The second kappa shape index (κ2) is 8.45. The predicted molar refractivity (Wildman–Crippen MR) is 80.5 cm³/mol. The minimum atomic E-state index is -5.20. The third-order valence-corrected chi connectivity index (χ3v) is 4.62. The average Bonchev–Trinajstić information content (AvgIpc) is 2.51. The molecule has 0 spiro atoms. The largest absolute Gasteiger partial charge is 1.00 e. The summed E-state index contributed by atoms with van der Waals surface area (Å²) < 4.78 is 154. The summed E-state index contributed by atoms with van der Waals surface area (Å²) >= 11 is 0. The summed E-state index contributed by atoms with van der Waals surface area (Å²) in [6.07, 6.45) is -20.8. The smallest absolute Gasteiger partial charge is 0.416 e. The molecule has 0 fully saturated rings. The maximum atomic E-state index is 12.9. The van der Waals surface area contributed by atoms with E-state index in [0.29, 0.717) is 0 Å². The van der Waals surface area contributed by atoms with E-state index in [2.05, 4.69) is 0 Å². The highest BCUT2D eigenvalue weighted by Crippen LogP contribution is 2.38. The summed E-state index contributed by atoms with van der Waals surface area (Å²) in [5, 5.41) is -1.45. The van der Waals surface area contributed by atoms with Gasteiger partial charge in [0.2, 0.25) is 0 Å². The van der Waals surface area contributed by atoms with Crippen LogP contribution >= 0.6 is 8.58 Å². The Hall–Kier alpha value is -1.68. The van der Waals surface area contributed by atoms with Gasteiger partial charge in [0.05, 0.1) is 22.3 Å². The molecule has 2 aromatic carbocycles. The molecule has 0 saturated heterocycles. The summed E-state index contributed by atoms with van der Waals surface area (Å²) in [6.45, 7) is 0. The number of rotatable bonds is 2. The van der Waals surface area contributed by atoms with Crippen LogP contribution in [0.3, 0.4) is 0 Å².